The van der Waals surface area contributed by atoms with Crippen molar-refractivity contribution in [3.8, 4) is 11.3 Å². The molecule has 1 aromatic carbocycles. The normalized spacial score (nSPS) is 10.8. The number of H-pyrrole nitrogens is 1. The Labute approximate surface area is 112 Å². The number of nitrogens with one attached hydrogen (secondary N) is 2. The van der Waals surface area contributed by atoms with Crippen molar-refractivity contribution in [2.75, 3.05) is 7.05 Å². The number of hydrogen-bond acceptors (Lipinski definition) is 2. The van der Waals surface area contributed by atoms with Crippen LogP contribution in [0.25, 0.3) is 11.3 Å². The van der Waals surface area contributed by atoms with E-state index in [1.165, 1.54) is 6.07 Å². The summed E-state index contributed by atoms with van der Waals surface area (Å²) in [6.45, 7) is 0.669. The SMILES string of the molecule is CNCc1[nH]nc(-c2ccc(F)c(Cl)c2)c1Br. The third-order valence-corrected chi connectivity index (χ3v) is 3.47. The highest BCUT2D eigenvalue weighted by Crippen LogP contribution is 2.31. The molecule has 0 amide bonds. The fourth-order valence-corrected chi connectivity index (χ4v) is 2.22. The van der Waals surface area contributed by atoms with Crippen molar-refractivity contribution in [2.24, 2.45) is 0 Å². The zero-order chi connectivity index (χ0) is 12.4. The molecule has 0 fully saturated rings. The van der Waals surface area contributed by atoms with Crippen molar-refractivity contribution in [1.29, 1.82) is 0 Å². The van der Waals surface area contributed by atoms with Crippen LogP contribution in [0.4, 0.5) is 4.39 Å². The van der Waals surface area contributed by atoms with Gasteiger partial charge in [0.15, 0.2) is 0 Å². The second-order valence-electron chi connectivity index (χ2n) is 3.52. The summed E-state index contributed by atoms with van der Waals surface area (Å²) in [6, 6.07) is 4.53. The number of hydrogen-bond donors (Lipinski definition) is 2. The van der Waals surface area contributed by atoms with E-state index in [9.17, 15) is 4.39 Å². The van der Waals surface area contributed by atoms with Gasteiger partial charge in [-0.2, -0.15) is 5.10 Å². The average Bonchev–Trinajstić information content (AvgIpc) is 2.66. The van der Waals surface area contributed by atoms with Gasteiger partial charge in [0.05, 0.1) is 15.2 Å². The summed E-state index contributed by atoms with van der Waals surface area (Å²) < 4.78 is 13.9. The van der Waals surface area contributed by atoms with Gasteiger partial charge in [0.2, 0.25) is 0 Å². The molecule has 17 heavy (non-hydrogen) atoms. The number of aromatic amines is 1. The summed E-state index contributed by atoms with van der Waals surface area (Å²) >= 11 is 9.20. The van der Waals surface area contributed by atoms with E-state index in [0.29, 0.717) is 6.54 Å². The highest BCUT2D eigenvalue weighted by Gasteiger charge is 2.13. The minimum atomic E-state index is -0.433. The van der Waals surface area contributed by atoms with Crippen LogP contribution in [0.15, 0.2) is 22.7 Å². The van der Waals surface area contributed by atoms with Gasteiger partial charge in [0.1, 0.15) is 11.5 Å². The van der Waals surface area contributed by atoms with Gasteiger partial charge < -0.3 is 5.32 Å². The van der Waals surface area contributed by atoms with Crippen LogP contribution in [-0.4, -0.2) is 17.2 Å². The molecular formula is C11H10BrClFN3. The minimum Gasteiger partial charge on any atom is -0.314 e. The molecule has 6 heteroatoms. The van der Waals surface area contributed by atoms with Gasteiger partial charge in [0, 0.05) is 12.1 Å². The fraction of sp³-hybridized carbons (Fsp3) is 0.182. The van der Waals surface area contributed by atoms with Crippen molar-refractivity contribution in [3.63, 3.8) is 0 Å². The number of benzene rings is 1. The smallest absolute Gasteiger partial charge is 0.141 e. The van der Waals surface area contributed by atoms with Crippen LogP contribution in [0.1, 0.15) is 5.69 Å². The van der Waals surface area contributed by atoms with Gasteiger partial charge in [-0.15, -0.1) is 0 Å². The van der Waals surface area contributed by atoms with Gasteiger partial charge in [-0.3, -0.25) is 5.10 Å². The maximum absolute atomic E-state index is 13.1. The Morgan fingerprint density at radius 1 is 1.53 bits per heavy atom. The standard InChI is InChI=1S/C11H10BrClFN3/c1-15-5-9-10(12)11(17-16-9)6-2-3-8(14)7(13)4-6/h2-4,15H,5H2,1H3,(H,16,17). The molecule has 0 aliphatic heterocycles. The number of nitrogens with zero attached hydrogens (tertiary/aromatic N) is 1. The van der Waals surface area contributed by atoms with Crippen LogP contribution in [0, 0.1) is 5.82 Å². The second kappa shape index (κ2) is 5.16. The van der Waals surface area contributed by atoms with Crippen LogP contribution in [0.3, 0.4) is 0 Å². The van der Waals surface area contributed by atoms with Crippen LogP contribution >= 0.6 is 27.5 Å². The van der Waals surface area contributed by atoms with Crippen molar-refractivity contribution in [3.05, 3.63) is 39.2 Å². The lowest BCUT2D eigenvalue weighted by Gasteiger charge is -2.00. The molecule has 0 bridgehead atoms. The topological polar surface area (TPSA) is 40.7 Å². The molecule has 0 saturated heterocycles. The molecular weight excluding hydrogens is 308 g/mol. The summed E-state index contributed by atoms with van der Waals surface area (Å²) in [5, 5.41) is 10.2. The number of aromatic nitrogens is 2. The second-order valence-corrected chi connectivity index (χ2v) is 4.72. The molecule has 0 radical (unpaired) electrons. The number of rotatable bonds is 3. The predicted octanol–water partition coefficient (Wildman–Crippen LogP) is 3.35. The molecule has 1 aromatic heterocycles. The lowest BCUT2D eigenvalue weighted by atomic mass is 10.1. The predicted molar refractivity (Wildman–Crippen MR) is 69.5 cm³/mol. The number of halogens is 3. The van der Waals surface area contributed by atoms with Crippen molar-refractivity contribution >= 4 is 27.5 Å². The summed E-state index contributed by atoms with van der Waals surface area (Å²) in [6.07, 6.45) is 0. The molecule has 0 spiro atoms. The highest BCUT2D eigenvalue weighted by molar-refractivity contribution is 9.10. The monoisotopic (exact) mass is 317 g/mol. The maximum Gasteiger partial charge on any atom is 0.141 e. The largest absolute Gasteiger partial charge is 0.314 e. The highest BCUT2D eigenvalue weighted by atomic mass is 79.9. The molecule has 0 aliphatic carbocycles. The first-order chi connectivity index (χ1) is 8.13. The minimum absolute atomic E-state index is 0.0903. The summed E-state index contributed by atoms with van der Waals surface area (Å²) in [5.74, 6) is -0.433. The van der Waals surface area contributed by atoms with E-state index in [2.05, 4.69) is 31.4 Å². The molecule has 0 saturated carbocycles. The van der Waals surface area contributed by atoms with E-state index < -0.39 is 5.82 Å². The van der Waals surface area contributed by atoms with Crippen molar-refractivity contribution in [1.82, 2.24) is 15.5 Å². The summed E-state index contributed by atoms with van der Waals surface area (Å²) in [4.78, 5) is 0. The van der Waals surface area contributed by atoms with E-state index in [0.717, 1.165) is 21.4 Å². The molecule has 3 nitrogen and oxygen atoms in total. The zero-order valence-corrected chi connectivity index (χ0v) is 11.4. The Balaban J connectivity index is 2.42. The molecule has 0 aliphatic rings. The lowest BCUT2D eigenvalue weighted by Crippen LogP contribution is -2.05. The van der Waals surface area contributed by atoms with Crippen LogP contribution < -0.4 is 5.32 Å². The first-order valence-electron chi connectivity index (χ1n) is 4.96. The zero-order valence-electron chi connectivity index (χ0n) is 9.02. The van der Waals surface area contributed by atoms with Crippen LogP contribution in [-0.2, 0) is 6.54 Å². The first kappa shape index (κ1) is 12.5. The Bertz CT molecular complexity index is 542. The van der Waals surface area contributed by atoms with Gasteiger partial charge in [-0.05, 0) is 41.2 Å². The molecule has 90 valence electrons. The van der Waals surface area contributed by atoms with Gasteiger partial charge in [-0.1, -0.05) is 11.6 Å². The van der Waals surface area contributed by atoms with Crippen molar-refractivity contribution < 1.29 is 4.39 Å². The van der Waals surface area contributed by atoms with Gasteiger partial charge >= 0.3 is 0 Å². The fourth-order valence-electron chi connectivity index (χ4n) is 1.49. The van der Waals surface area contributed by atoms with E-state index in [4.69, 9.17) is 11.6 Å². The maximum atomic E-state index is 13.1. The molecule has 2 N–H and O–H groups in total. The molecule has 2 rings (SSSR count). The van der Waals surface area contributed by atoms with Gasteiger partial charge in [0.25, 0.3) is 0 Å². The third-order valence-electron chi connectivity index (χ3n) is 2.32. The quantitative estimate of drug-likeness (QED) is 0.911. The van der Waals surface area contributed by atoms with Crippen LogP contribution in [0.2, 0.25) is 5.02 Å². The Morgan fingerprint density at radius 2 is 2.29 bits per heavy atom. The van der Waals surface area contributed by atoms with E-state index in [1.807, 2.05) is 7.05 Å². The van der Waals surface area contributed by atoms with E-state index in [-0.39, 0.29) is 5.02 Å². The average molecular weight is 319 g/mol. The molecule has 2 aromatic rings. The van der Waals surface area contributed by atoms with Crippen molar-refractivity contribution in [2.45, 2.75) is 6.54 Å². The van der Waals surface area contributed by atoms with Gasteiger partial charge in [-0.25, -0.2) is 4.39 Å². The summed E-state index contributed by atoms with van der Waals surface area (Å²) in [7, 11) is 1.85. The summed E-state index contributed by atoms with van der Waals surface area (Å²) in [5.41, 5.74) is 2.42. The van der Waals surface area contributed by atoms with E-state index >= 15 is 0 Å². The third kappa shape index (κ3) is 2.51. The Kier molecular flexibility index (Phi) is 3.81. The Morgan fingerprint density at radius 3 is 2.94 bits per heavy atom. The molecule has 1 heterocycles. The van der Waals surface area contributed by atoms with Crippen LogP contribution in [0.5, 0.6) is 0 Å². The molecule has 0 unspecified atom stereocenters. The van der Waals surface area contributed by atoms with E-state index in [1.54, 1.807) is 12.1 Å². The Hall–Kier alpha value is -0.910. The first-order valence-corrected chi connectivity index (χ1v) is 6.13. The molecule has 0 atom stereocenters. The lowest BCUT2D eigenvalue weighted by molar-refractivity contribution is 0.628.